The lowest BCUT2D eigenvalue weighted by Crippen LogP contribution is -2.15. The maximum atomic E-state index is 12.1. The fourth-order valence-corrected chi connectivity index (χ4v) is 2.42. The van der Waals surface area contributed by atoms with Crippen LogP contribution >= 0.6 is 11.3 Å². The number of alkyl halides is 3. The van der Waals surface area contributed by atoms with Crippen molar-refractivity contribution < 1.29 is 13.2 Å². The Morgan fingerprint density at radius 3 is 2.76 bits per heavy atom. The van der Waals surface area contributed by atoms with Gasteiger partial charge in [0.1, 0.15) is 5.82 Å². The molecule has 0 aromatic carbocycles. The normalized spacial score (nSPS) is 12.0. The van der Waals surface area contributed by atoms with Crippen LogP contribution in [-0.2, 0) is 0 Å². The second-order valence-corrected chi connectivity index (χ2v) is 5.10. The minimum Gasteiger partial charge on any atom is -0.368 e. The Morgan fingerprint density at radius 1 is 1.19 bits per heavy atom. The SMILES string of the molecule is FC(F)(F)CCNc1ccc2nnc(-c3ccsc3)n2n1. The molecule has 3 aromatic rings. The summed E-state index contributed by atoms with van der Waals surface area (Å²) in [6, 6.07) is 5.12. The van der Waals surface area contributed by atoms with Crippen molar-refractivity contribution in [2.24, 2.45) is 0 Å². The van der Waals surface area contributed by atoms with Gasteiger partial charge in [-0.1, -0.05) is 0 Å². The molecular weight excluding hydrogens is 303 g/mol. The number of rotatable bonds is 4. The zero-order chi connectivity index (χ0) is 14.9. The first kappa shape index (κ1) is 13.8. The van der Waals surface area contributed by atoms with Crippen LogP contribution < -0.4 is 5.32 Å². The van der Waals surface area contributed by atoms with Gasteiger partial charge in [-0.25, -0.2) is 0 Å². The van der Waals surface area contributed by atoms with Crippen molar-refractivity contribution in [2.45, 2.75) is 12.6 Å². The first-order chi connectivity index (χ1) is 10.0. The summed E-state index contributed by atoms with van der Waals surface area (Å²) in [6.45, 7) is -0.224. The van der Waals surface area contributed by atoms with Crippen LogP contribution in [0.15, 0.2) is 29.0 Å². The van der Waals surface area contributed by atoms with Gasteiger partial charge in [0, 0.05) is 17.5 Å². The van der Waals surface area contributed by atoms with Crippen molar-refractivity contribution in [3.8, 4) is 11.4 Å². The Morgan fingerprint density at radius 2 is 2.05 bits per heavy atom. The van der Waals surface area contributed by atoms with E-state index < -0.39 is 12.6 Å². The Kier molecular flexibility index (Phi) is 3.50. The molecule has 5 nitrogen and oxygen atoms in total. The molecule has 0 spiro atoms. The van der Waals surface area contributed by atoms with Crippen LogP contribution in [0.25, 0.3) is 17.0 Å². The molecule has 3 aromatic heterocycles. The van der Waals surface area contributed by atoms with Crippen molar-refractivity contribution in [3.05, 3.63) is 29.0 Å². The Balaban J connectivity index is 1.84. The van der Waals surface area contributed by atoms with E-state index in [0.29, 0.717) is 17.3 Å². The number of anilines is 1. The van der Waals surface area contributed by atoms with Crippen molar-refractivity contribution in [1.29, 1.82) is 0 Å². The van der Waals surface area contributed by atoms with Crippen LogP contribution in [0.2, 0.25) is 0 Å². The summed E-state index contributed by atoms with van der Waals surface area (Å²) in [7, 11) is 0. The highest BCUT2D eigenvalue weighted by molar-refractivity contribution is 7.08. The molecule has 110 valence electrons. The zero-order valence-electron chi connectivity index (χ0n) is 10.6. The molecule has 0 aliphatic heterocycles. The first-order valence-electron chi connectivity index (χ1n) is 6.08. The van der Waals surface area contributed by atoms with Gasteiger partial charge in [-0.05, 0) is 23.6 Å². The lowest BCUT2D eigenvalue weighted by atomic mass is 10.3. The summed E-state index contributed by atoms with van der Waals surface area (Å²) in [5.41, 5.74) is 1.41. The van der Waals surface area contributed by atoms with Gasteiger partial charge < -0.3 is 5.32 Å². The second kappa shape index (κ2) is 5.32. The Labute approximate surface area is 121 Å². The number of nitrogens with one attached hydrogen (secondary N) is 1. The number of halogens is 3. The van der Waals surface area contributed by atoms with Crippen LogP contribution in [0.3, 0.4) is 0 Å². The topological polar surface area (TPSA) is 55.1 Å². The van der Waals surface area contributed by atoms with Crippen LogP contribution in [-0.4, -0.2) is 32.5 Å². The summed E-state index contributed by atoms with van der Waals surface area (Å²) in [4.78, 5) is 0. The molecule has 3 rings (SSSR count). The van der Waals surface area contributed by atoms with Crippen molar-refractivity contribution in [2.75, 3.05) is 11.9 Å². The standard InChI is InChI=1S/C12H10F3N5S/c13-12(14,15)4-5-16-9-1-2-10-17-18-11(20(10)19-9)8-3-6-21-7-8/h1-3,6-7H,4-5H2,(H,16,19). The molecule has 9 heteroatoms. The molecule has 1 N–H and O–H groups in total. The van der Waals surface area contributed by atoms with E-state index in [1.165, 1.54) is 15.9 Å². The lowest BCUT2D eigenvalue weighted by Gasteiger charge is -2.08. The van der Waals surface area contributed by atoms with Crippen molar-refractivity contribution in [3.63, 3.8) is 0 Å². The van der Waals surface area contributed by atoms with Gasteiger partial charge in [-0.15, -0.1) is 15.3 Å². The highest BCUT2D eigenvalue weighted by atomic mass is 32.1. The van der Waals surface area contributed by atoms with E-state index in [1.807, 2.05) is 16.8 Å². The van der Waals surface area contributed by atoms with Gasteiger partial charge in [0.2, 0.25) is 0 Å². The van der Waals surface area contributed by atoms with E-state index in [-0.39, 0.29) is 6.54 Å². The molecule has 3 heterocycles. The first-order valence-corrected chi connectivity index (χ1v) is 7.03. The van der Waals surface area contributed by atoms with Crippen LogP contribution in [0.5, 0.6) is 0 Å². The summed E-state index contributed by atoms with van der Waals surface area (Å²) < 4.78 is 37.9. The summed E-state index contributed by atoms with van der Waals surface area (Å²) >= 11 is 1.52. The molecule has 0 bridgehead atoms. The number of hydrogen-bond acceptors (Lipinski definition) is 5. The third-order valence-corrected chi connectivity index (χ3v) is 3.44. The highest BCUT2D eigenvalue weighted by Gasteiger charge is 2.26. The molecule has 0 aliphatic rings. The van der Waals surface area contributed by atoms with Gasteiger partial charge in [0.15, 0.2) is 11.5 Å². The van der Waals surface area contributed by atoms with Gasteiger partial charge in [-0.2, -0.15) is 29.0 Å². The molecular formula is C12H10F3N5S. The summed E-state index contributed by atoms with van der Waals surface area (Å²) in [5, 5.41) is 18.7. The Bertz CT molecular complexity index is 735. The van der Waals surface area contributed by atoms with Gasteiger partial charge in [0.05, 0.1) is 6.42 Å². The molecule has 0 saturated heterocycles. The molecule has 0 saturated carbocycles. The van der Waals surface area contributed by atoms with Crippen LogP contribution in [0, 0.1) is 0 Å². The van der Waals surface area contributed by atoms with Gasteiger partial charge in [-0.3, -0.25) is 0 Å². The third-order valence-electron chi connectivity index (χ3n) is 2.76. The maximum Gasteiger partial charge on any atom is 0.390 e. The van der Waals surface area contributed by atoms with E-state index in [1.54, 1.807) is 12.1 Å². The smallest absolute Gasteiger partial charge is 0.368 e. The van der Waals surface area contributed by atoms with E-state index in [9.17, 15) is 13.2 Å². The number of nitrogens with zero attached hydrogens (tertiary/aromatic N) is 4. The predicted octanol–water partition coefficient (Wildman–Crippen LogP) is 3.22. The Hall–Kier alpha value is -2.16. The molecule has 0 amide bonds. The maximum absolute atomic E-state index is 12.1. The minimum absolute atomic E-state index is 0.224. The molecule has 0 aliphatic carbocycles. The fourth-order valence-electron chi connectivity index (χ4n) is 1.79. The molecule has 0 unspecified atom stereocenters. The van der Waals surface area contributed by atoms with Crippen molar-refractivity contribution in [1.82, 2.24) is 19.8 Å². The van der Waals surface area contributed by atoms with E-state index in [2.05, 4.69) is 20.6 Å². The zero-order valence-corrected chi connectivity index (χ0v) is 11.4. The van der Waals surface area contributed by atoms with E-state index in [0.717, 1.165) is 5.56 Å². The molecule has 0 fully saturated rings. The number of thiophene rings is 1. The van der Waals surface area contributed by atoms with E-state index in [4.69, 9.17) is 0 Å². The quantitative estimate of drug-likeness (QED) is 0.803. The lowest BCUT2D eigenvalue weighted by molar-refractivity contribution is -0.131. The highest BCUT2D eigenvalue weighted by Crippen LogP contribution is 2.21. The van der Waals surface area contributed by atoms with E-state index >= 15 is 0 Å². The minimum atomic E-state index is -4.19. The number of aromatic nitrogens is 4. The van der Waals surface area contributed by atoms with Crippen LogP contribution in [0.4, 0.5) is 19.0 Å². The third kappa shape index (κ3) is 3.13. The number of hydrogen-bond donors (Lipinski definition) is 1. The predicted molar refractivity (Wildman–Crippen MR) is 73.3 cm³/mol. The molecule has 0 atom stereocenters. The van der Waals surface area contributed by atoms with Gasteiger partial charge in [0.25, 0.3) is 0 Å². The summed E-state index contributed by atoms with van der Waals surface area (Å²) in [6.07, 6.45) is -5.10. The largest absolute Gasteiger partial charge is 0.390 e. The van der Waals surface area contributed by atoms with Crippen LogP contribution in [0.1, 0.15) is 6.42 Å². The molecule has 21 heavy (non-hydrogen) atoms. The number of fused-ring (bicyclic) bond motifs is 1. The average Bonchev–Trinajstić information content (AvgIpc) is 3.05. The average molecular weight is 313 g/mol. The van der Waals surface area contributed by atoms with Gasteiger partial charge >= 0.3 is 6.18 Å². The fraction of sp³-hybridized carbons (Fsp3) is 0.250. The second-order valence-electron chi connectivity index (χ2n) is 4.32. The molecule has 0 radical (unpaired) electrons. The summed E-state index contributed by atoms with van der Waals surface area (Å²) in [5.74, 6) is 0.911. The monoisotopic (exact) mass is 313 g/mol. The van der Waals surface area contributed by atoms with Crippen molar-refractivity contribution >= 4 is 22.8 Å².